The fourth-order valence-corrected chi connectivity index (χ4v) is 11.8. The van der Waals surface area contributed by atoms with E-state index < -0.39 is 11.8 Å². The highest BCUT2D eigenvalue weighted by Gasteiger charge is 2.45. The van der Waals surface area contributed by atoms with Crippen molar-refractivity contribution >= 4 is 44.7 Å². The first-order valence-electron chi connectivity index (χ1n) is 24.6. The Morgan fingerprint density at radius 2 is 0.771 bits per heavy atom. The second-order valence-electron chi connectivity index (χ2n) is 19.3. The van der Waals surface area contributed by atoms with Gasteiger partial charge in [-0.2, -0.15) is 0 Å². The van der Waals surface area contributed by atoms with Gasteiger partial charge in [0.15, 0.2) is 0 Å². The molecular formula is C60H66N4O6. The van der Waals surface area contributed by atoms with Gasteiger partial charge in [-0.1, -0.05) is 146 Å². The highest BCUT2D eigenvalue weighted by atomic mass is 16.5. The fourth-order valence-electron chi connectivity index (χ4n) is 11.8. The van der Waals surface area contributed by atoms with Crippen molar-refractivity contribution in [1.29, 1.82) is 0 Å². The van der Waals surface area contributed by atoms with E-state index in [-0.39, 0.29) is 60.1 Å². The topological polar surface area (TPSA) is 147 Å². The molecule has 10 heteroatoms. The Labute approximate surface area is 412 Å². The van der Waals surface area contributed by atoms with Crippen molar-refractivity contribution in [2.75, 3.05) is 39.9 Å². The Balaban J connectivity index is 1.03. The Hall–Kier alpha value is -6.56. The van der Waals surface area contributed by atoms with Crippen LogP contribution in [0.4, 0.5) is 11.4 Å². The van der Waals surface area contributed by atoms with E-state index >= 15 is 0 Å². The summed E-state index contributed by atoms with van der Waals surface area (Å²) < 4.78 is 24.6. The number of amides is 2. The molecule has 6 atom stereocenters. The first-order valence-corrected chi connectivity index (χ1v) is 24.6. The van der Waals surface area contributed by atoms with E-state index in [4.69, 9.17) is 30.4 Å². The Morgan fingerprint density at radius 3 is 1.10 bits per heavy atom. The molecule has 6 N–H and O–H groups in total. The highest BCUT2D eigenvalue weighted by Crippen LogP contribution is 2.48. The van der Waals surface area contributed by atoms with Gasteiger partial charge in [-0.3, -0.25) is 9.59 Å². The van der Waals surface area contributed by atoms with E-state index in [1.165, 1.54) is 0 Å². The van der Waals surface area contributed by atoms with Crippen LogP contribution in [0.5, 0.6) is 0 Å². The maximum atomic E-state index is 14.0. The quantitative estimate of drug-likeness (QED) is 0.0788. The highest BCUT2D eigenvalue weighted by molar-refractivity contribution is 6.08. The molecule has 7 aromatic carbocycles. The van der Waals surface area contributed by atoms with Gasteiger partial charge in [0.1, 0.15) is 0 Å². The largest absolute Gasteiger partial charge is 0.397 e. The number of rotatable bonds is 14. The zero-order valence-electron chi connectivity index (χ0n) is 41.1. The Kier molecular flexibility index (Phi) is 14.7. The van der Waals surface area contributed by atoms with Crippen molar-refractivity contribution in [3.05, 3.63) is 168 Å². The van der Waals surface area contributed by atoms with Crippen molar-refractivity contribution in [2.45, 2.75) is 87.9 Å². The molecule has 9 rings (SSSR count). The molecule has 0 heterocycles. The molecule has 0 radical (unpaired) electrons. The molecule has 2 saturated carbocycles. The van der Waals surface area contributed by atoms with Crippen LogP contribution in [0, 0.1) is 11.8 Å². The normalized spacial score (nSPS) is 23.4. The van der Waals surface area contributed by atoms with Gasteiger partial charge in [-0.15, -0.1) is 0 Å². The molecule has 70 heavy (non-hydrogen) atoms. The third kappa shape index (κ3) is 9.41. The molecule has 4 unspecified atom stereocenters. The van der Waals surface area contributed by atoms with Crippen LogP contribution in [0.15, 0.2) is 146 Å². The molecule has 2 aliphatic rings. The van der Waals surface area contributed by atoms with Gasteiger partial charge >= 0.3 is 0 Å². The van der Waals surface area contributed by atoms with Gasteiger partial charge in [-0.25, -0.2) is 0 Å². The summed E-state index contributed by atoms with van der Waals surface area (Å²) in [6.07, 6.45) is 1.07. The molecule has 7 aromatic rings. The van der Waals surface area contributed by atoms with Gasteiger partial charge in [0, 0.05) is 39.6 Å². The second-order valence-corrected chi connectivity index (χ2v) is 19.3. The molecule has 0 bridgehead atoms. The third-order valence-electron chi connectivity index (χ3n) is 15.4. The molecule has 2 aliphatic carbocycles. The minimum Gasteiger partial charge on any atom is -0.397 e. The summed E-state index contributed by atoms with van der Waals surface area (Å²) in [7, 11) is 6.74. The number of carbonyl (C=O) groups is 2. The van der Waals surface area contributed by atoms with Crippen molar-refractivity contribution in [3.8, 4) is 22.3 Å². The smallest absolute Gasteiger partial charge is 0.228 e. The van der Waals surface area contributed by atoms with E-state index in [2.05, 4.69) is 95.6 Å². The fraction of sp³-hybridized carbons (Fsp3) is 0.333. The molecule has 362 valence electrons. The van der Waals surface area contributed by atoms with Gasteiger partial charge in [0.05, 0.1) is 59.7 Å². The van der Waals surface area contributed by atoms with Gasteiger partial charge in [0.25, 0.3) is 0 Å². The van der Waals surface area contributed by atoms with Gasteiger partial charge in [-0.05, 0) is 106 Å². The summed E-state index contributed by atoms with van der Waals surface area (Å²) in [5.41, 5.74) is 23.5. The van der Waals surface area contributed by atoms with Crippen LogP contribution >= 0.6 is 0 Å². The van der Waals surface area contributed by atoms with E-state index in [1.54, 1.807) is 28.4 Å². The summed E-state index contributed by atoms with van der Waals surface area (Å²) in [5.74, 6) is -1.06. The predicted octanol–water partition coefficient (Wildman–Crippen LogP) is 11.3. The number of nitrogen functional groups attached to an aromatic ring is 2. The predicted molar refractivity (Wildman–Crippen MR) is 281 cm³/mol. The Morgan fingerprint density at radius 1 is 0.443 bits per heavy atom. The molecule has 0 aromatic heterocycles. The number of carbonyl (C=O) groups excluding carboxylic acids is 2. The number of anilines is 2. The summed E-state index contributed by atoms with van der Waals surface area (Å²) >= 11 is 0. The number of hydrogen-bond donors (Lipinski definition) is 4. The lowest BCUT2D eigenvalue weighted by atomic mass is 9.72. The number of benzene rings is 7. The van der Waals surface area contributed by atoms with Crippen LogP contribution in [0.2, 0.25) is 0 Å². The number of ether oxygens (including phenoxy) is 4. The monoisotopic (exact) mass is 938 g/mol. The lowest BCUT2D eigenvalue weighted by Crippen LogP contribution is -2.50. The van der Waals surface area contributed by atoms with Crippen LogP contribution in [0.25, 0.3) is 43.8 Å². The number of nitrogens with two attached hydrogens (primary N) is 2. The van der Waals surface area contributed by atoms with Crippen LogP contribution in [-0.2, 0) is 28.5 Å². The molecule has 2 amide bonds. The van der Waals surface area contributed by atoms with E-state index in [0.29, 0.717) is 37.1 Å². The Bertz CT molecular complexity index is 2730. The zero-order valence-corrected chi connectivity index (χ0v) is 41.1. The van der Waals surface area contributed by atoms with E-state index in [1.807, 2.05) is 74.5 Å². The van der Waals surface area contributed by atoms with Gasteiger partial charge < -0.3 is 41.0 Å². The number of fused-ring (bicyclic) bond motifs is 2. The minimum atomic E-state index is -0.483. The minimum absolute atomic E-state index is 0.0278. The first-order chi connectivity index (χ1) is 34.0. The van der Waals surface area contributed by atoms with Crippen molar-refractivity contribution in [3.63, 3.8) is 0 Å². The van der Waals surface area contributed by atoms with Crippen LogP contribution < -0.4 is 22.1 Å². The number of hydrogen-bond acceptors (Lipinski definition) is 8. The summed E-state index contributed by atoms with van der Waals surface area (Å²) in [5, 5.41) is 10.8. The molecule has 0 spiro atoms. The van der Waals surface area contributed by atoms with Crippen LogP contribution in [0.3, 0.4) is 0 Å². The van der Waals surface area contributed by atoms with Crippen LogP contribution in [0.1, 0.15) is 85.7 Å². The van der Waals surface area contributed by atoms with Crippen molar-refractivity contribution in [2.24, 2.45) is 11.8 Å². The molecule has 2 fully saturated rings. The van der Waals surface area contributed by atoms with Gasteiger partial charge in [0.2, 0.25) is 11.8 Å². The standard InChI is InChI=1S/C60H66N4O6/c1-35(37-17-9-7-10-18-37)63-59(65)55-49(67-3)31-41(32-50(55)68-4)43-25-13-21-39-23-15-27-45(53(39)43)47-29-30-48(58(62)57(47)61)46-28-16-24-40-22-14-26-44(54(40)46)42-33-51(69-5)56(52(34-42)70-6)60(66)64-36(2)38-19-11-8-12-20-38/h7-30,35-36,41-42,49-52,55-56H,31-34,61-62H2,1-6H3,(H,63,65)(H,64,66)/t35-,36-,41?,42?,49?,50?,51?,52?,55?,56?/m1/s1. The molecule has 0 saturated heterocycles. The average Bonchev–Trinajstić information content (AvgIpc) is 3.40. The number of methoxy groups -OCH3 is 4. The van der Waals surface area contributed by atoms with Crippen molar-refractivity contribution in [1.82, 2.24) is 10.6 Å². The van der Waals surface area contributed by atoms with E-state index in [0.717, 1.165) is 66.1 Å². The third-order valence-corrected chi connectivity index (χ3v) is 15.4. The number of nitrogens with one attached hydrogen (secondary N) is 2. The summed E-state index contributed by atoms with van der Waals surface area (Å²) in [6.45, 7) is 4.01. The summed E-state index contributed by atoms with van der Waals surface area (Å²) in [6, 6.07) is 49.3. The lowest BCUT2D eigenvalue weighted by Gasteiger charge is -2.40. The summed E-state index contributed by atoms with van der Waals surface area (Å²) in [4.78, 5) is 28.0. The molecule has 0 aliphatic heterocycles. The van der Waals surface area contributed by atoms with Crippen LogP contribution in [-0.4, -0.2) is 64.7 Å². The van der Waals surface area contributed by atoms with Crippen molar-refractivity contribution < 1.29 is 28.5 Å². The second kappa shape index (κ2) is 21.2. The first kappa shape index (κ1) is 48.5. The molecular weight excluding hydrogens is 873 g/mol. The van der Waals surface area contributed by atoms with E-state index in [9.17, 15) is 9.59 Å². The zero-order chi connectivity index (χ0) is 49.1. The maximum absolute atomic E-state index is 14.0. The molecule has 10 nitrogen and oxygen atoms in total. The average molecular weight is 939 g/mol. The SMILES string of the molecule is COC1CC(c2cccc3cccc(-c4ccc(-c5cccc6cccc(C7CC(OC)C(C(=O)N[C@H](C)c8ccccc8)C(OC)C7)c56)c(N)c4N)c23)CC(OC)C1C(=O)N[C@H](C)c1ccccc1. The lowest BCUT2D eigenvalue weighted by molar-refractivity contribution is -0.143. The maximum Gasteiger partial charge on any atom is 0.228 e.